The van der Waals surface area contributed by atoms with Gasteiger partial charge in [0.25, 0.3) is 0 Å². The first kappa shape index (κ1) is 18.7. The van der Waals surface area contributed by atoms with Crippen molar-refractivity contribution < 1.29 is 18.0 Å². The Labute approximate surface area is 153 Å². The lowest BCUT2D eigenvalue weighted by Crippen LogP contribution is -2.42. The monoisotopic (exact) mass is 383 g/mol. The number of nitrogens with one attached hydrogen (secondary N) is 3. The second kappa shape index (κ2) is 7.65. The molecule has 1 aliphatic rings. The van der Waals surface area contributed by atoms with Crippen molar-refractivity contribution in [2.75, 3.05) is 0 Å². The molecule has 8 heteroatoms. The fourth-order valence-electron chi connectivity index (χ4n) is 2.77. The van der Waals surface area contributed by atoms with Crippen LogP contribution in [0.25, 0.3) is 0 Å². The highest BCUT2D eigenvalue weighted by molar-refractivity contribution is 6.30. The number of hydrogen-bond acceptors (Lipinski definition) is 3. The second-order valence-corrected chi connectivity index (χ2v) is 6.53. The zero-order valence-electron chi connectivity index (χ0n) is 13.6. The van der Waals surface area contributed by atoms with E-state index in [9.17, 15) is 18.0 Å². The summed E-state index contributed by atoms with van der Waals surface area (Å²) in [4.78, 5) is 12.3. The van der Waals surface area contributed by atoms with E-state index in [-0.39, 0.29) is 18.5 Å². The van der Waals surface area contributed by atoms with E-state index in [0.717, 1.165) is 17.7 Å². The maximum absolute atomic E-state index is 12.5. The molecule has 1 amide bonds. The Balaban J connectivity index is 1.52. The van der Waals surface area contributed by atoms with Crippen LogP contribution in [0.3, 0.4) is 0 Å². The summed E-state index contributed by atoms with van der Waals surface area (Å²) >= 11 is 5.87. The van der Waals surface area contributed by atoms with E-state index in [2.05, 4.69) is 16.2 Å². The number of carbonyl (C=O) groups excluding carboxylic acids is 1. The highest BCUT2D eigenvalue weighted by atomic mass is 35.5. The molecule has 1 aliphatic heterocycles. The van der Waals surface area contributed by atoms with E-state index >= 15 is 0 Å². The minimum absolute atomic E-state index is 0.0194. The molecule has 2 unspecified atom stereocenters. The molecule has 0 aliphatic carbocycles. The summed E-state index contributed by atoms with van der Waals surface area (Å²) < 4.78 is 37.6. The fraction of sp³-hybridized carbons (Fsp3) is 0.278. The van der Waals surface area contributed by atoms with Gasteiger partial charge in [-0.25, -0.2) is 10.9 Å². The molecule has 0 radical (unpaired) electrons. The van der Waals surface area contributed by atoms with Crippen LogP contribution in [0, 0.1) is 0 Å². The molecular formula is C18H17ClF3N3O. The quantitative estimate of drug-likeness (QED) is 0.756. The van der Waals surface area contributed by atoms with Crippen LogP contribution < -0.4 is 16.2 Å². The number of hydrogen-bond donors (Lipinski definition) is 3. The molecule has 0 spiro atoms. The van der Waals surface area contributed by atoms with Gasteiger partial charge in [0.15, 0.2) is 0 Å². The minimum Gasteiger partial charge on any atom is -0.351 e. The summed E-state index contributed by atoms with van der Waals surface area (Å²) in [6.07, 6.45) is -3.81. The Morgan fingerprint density at radius 1 is 1.08 bits per heavy atom. The maximum Gasteiger partial charge on any atom is 0.416 e. The Hall–Kier alpha value is -2.09. The van der Waals surface area contributed by atoms with Crippen LogP contribution in [0.5, 0.6) is 0 Å². The summed E-state index contributed by atoms with van der Waals surface area (Å²) in [6, 6.07) is 11.7. The van der Waals surface area contributed by atoms with Gasteiger partial charge in [-0.15, -0.1) is 0 Å². The maximum atomic E-state index is 12.5. The van der Waals surface area contributed by atoms with Crippen LogP contribution in [-0.2, 0) is 17.5 Å². The summed E-state index contributed by atoms with van der Waals surface area (Å²) in [5.74, 6) is -0.214. The largest absolute Gasteiger partial charge is 0.416 e. The average molecular weight is 384 g/mol. The lowest BCUT2D eigenvalue weighted by Gasteiger charge is -2.12. The zero-order chi connectivity index (χ0) is 18.7. The number of carbonyl (C=O) groups is 1. The van der Waals surface area contributed by atoms with Crippen LogP contribution in [0.1, 0.15) is 29.2 Å². The topological polar surface area (TPSA) is 53.2 Å². The van der Waals surface area contributed by atoms with Gasteiger partial charge in [0.2, 0.25) is 5.91 Å². The number of amides is 1. The van der Waals surface area contributed by atoms with Gasteiger partial charge in [0, 0.05) is 17.6 Å². The second-order valence-electron chi connectivity index (χ2n) is 6.09. The molecule has 26 heavy (non-hydrogen) atoms. The molecule has 1 saturated heterocycles. The van der Waals surface area contributed by atoms with E-state index in [1.807, 2.05) is 12.1 Å². The predicted octanol–water partition coefficient (Wildman–Crippen LogP) is 3.58. The Morgan fingerprint density at radius 2 is 1.73 bits per heavy atom. The van der Waals surface area contributed by atoms with Crippen molar-refractivity contribution in [3.63, 3.8) is 0 Å². The van der Waals surface area contributed by atoms with Crippen molar-refractivity contribution >= 4 is 17.5 Å². The molecule has 0 aromatic heterocycles. The van der Waals surface area contributed by atoms with Gasteiger partial charge in [-0.3, -0.25) is 4.79 Å². The summed E-state index contributed by atoms with van der Waals surface area (Å²) in [6.45, 7) is 0.167. The summed E-state index contributed by atoms with van der Waals surface area (Å²) in [5, 5.41) is 3.38. The van der Waals surface area contributed by atoms with E-state index in [1.165, 1.54) is 12.1 Å². The van der Waals surface area contributed by atoms with Crippen LogP contribution in [0.4, 0.5) is 13.2 Å². The molecule has 2 atom stereocenters. The normalized spacial score (nSPS) is 20.2. The van der Waals surface area contributed by atoms with Crippen molar-refractivity contribution in [1.29, 1.82) is 0 Å². The zero-order valence-corrected chi connectivity index (χ0v) is 14.4. The number of alkyl halides is 3. The van der Waals surface area contributed by atoms with Crippen LogP contribution >= 0.6 is 11.6 Å². The molecule has 2 aromatic rings. The third-order valence-electron chi connectivity index (χ3n) is 4.24. The molecule has 138 valence electrons. The first-order valence-corrected chi connectivity index (χ1v) is 8.41. The average Bonchev–Trinajstić information content (AvgIpc) is 3.10. The first-order valence-electron chi connectivity index (χ1n) is 8.03. The minimum atomic E-state index is -4.36. The van der Waals surface area contributed by atoms with E-state index in [1.54, 1.807) is 12.1 Å². The van der Waals surface area contributed by atoms with Crippen LogP contribution in [0.2, 0.25) is 5.02 Å². The van der Waals surface area contributed by atoms with Crippen LogP contribution in [-0.4, -0.2) is 11.9 Å². The van der Waals surface area contributed by atoms with Gasteiger partial charge >= 0.3 is 6.18 Å². The van der Waals surface area contributed by atoms with E-state index in [4.69, 9.17) is 11.6 Å². The first-order chi connectivity index (χ1) is 12.3. The number of benzene rings is 2. The molecule has 3 rings (SSSR count). The van der Waals surface area contributed by atoms with Gasteiger partial charge in [-0.1, -0.05) is 35.9 Å². The van der Waals surface area contributed by atoms with Crippen molar-refractivity contribution in [3.05, 3.63) is 70.2 Å². The lowest BCUT2D eigenvalue weighted by molar-refractivity contribution is -0.137. The summed E-state index contributed by atoms with van der Waals surface area (Å²) in [5.41, 5.74) is 6.92. The standard InChI is InChI=1S/C18H17ClF3N3O/c19-14-7-3-12(4-8-14)15-9-16(25-24-15)17(26)23-10-11-1-5-13(6-2-11)18(20,21)22/h1-8,15-16,24-25H,9-10H2,(H,23,26). The molecule has 4 nitrogen and oxygen atoms in total. The SMILES string of the molecule is O=C(NCc1ccc(C(F)(F)F)cc1)C1CC(c2ccc(Cl)cc2)NN1. The Bertz CT molecular complexity index is 763. The van der Waals surface area contributed by atoms with Crippen molar-refractivity contribution in [1.82, 2.24) is 16.2 Å². The molecular weight excluding hydrogens is 367 g/mol. The third kappa shape index (κ3) is 4.55. The smallest absolute Gasteiger partial charge is 0.351 e. The highest BCUT2D eigenvalue weighted by Gasteiger charge is 2.31. The third-order valence-corrected chi connectivity index (χ3v) is 4.49. The van der Waals surface area contributed by atoms with Gasteiger partial charge in [0.05, 0.1) is 5.56 Å². The van der Waals surface area contributed by atoms with Crippen molar-refractivity contribution in [2.45, 2.75) is 31.2 Å². The Kier molecular flexibility index (Phi) is 5.50. The molecule has 2 aromatic carbocycles. The van der Waals surface area contributed by atoms with Gasteiger partial charge in [0.1, 0.15) is 6.04 Å². The predicted molar refractivity (Wildman–Crippen MR) is 92.2 cm³/mol. The highest BCUT2D eigenvalue weighted by Crippen LogP contribution is 2.29. The molecule has 1 fully saturated rings. The molecule has 1 heterocycles. The van der Waals surface area contributed by atoms with Gasteiger partial charge in [-0.2, -0.15) is 13.2 Å². The molecule has 0 bridgehead atoms. The number of rotatable bonds is 4. The summed E-state index contributed by atoms with van der Waals surface area (Å²) in [7, 11) is 0. The van der Waals surface area contributed by atoms with Gasteiger partial charge in [-0.05, 0) is 41.8 Å². The van der Waals surface area contributed by atoms with E-state index in [0.29, 0.717) is 17.0 Å². The van der Waals surface area contributed by atoms with E-state index < -0.39 is 17.8 Å². The molecule has 0 saturated carbocycles. The van der Waals surface area contributed by atoms with Gasteiger partial charge < -0.3 is 5.32 Å². The lowest BCUT2D eigenvalue weighted by atomic mass is 10.0. The molecule has 3 N–H and O–H groups in total. The van der Waals surface area contributed by atoms with Crippen LogP contribution in [0.15, 0.2) is 48.5 Å². The number of hydrazine groups is 1. The Morgan fingerprint density at radius 3 is 2.35 bits per heavy atom. The van der Waals surface area contributed by atoms with Crippen molar-refractivity contribution in [3.8, 4) is 0 Å². The number of halogens is 4. The fourth-order valence-corrected chi connectivity index (χ4v) is 2.89. The van der Waals surface area contributed by atoms with Crippen molar-refractivity contribution in [2.24, 2.45) is 0 Å².